The number of hydrogen-bond acceptors (Lipinski definition) is 1. The van der Waals surface area contributed by atoms with Crippen molar-refractivity contribution >= 4 is 15.9 Å². The summed E-state index contributed by atoms with van der Waals surface area (Å²) in [6.45, 7) is 4.53. The van der Waals surface area contributed by atoms with Crippen LogP contribution in [0.2, 0.25) is 0 Å². The molecule has 0 bridgehead atoms. The van der Waals surface area contributed by atoms with E-state index < -0.39 is 0 Å². The summed E-state index contributed by atoms with van der Waals surface area (Å²) in [6, 6.07) is 0. The summed E-state index contributed by atoms with van der Waals surface area (Å²) in [6.07, 6.45) is 5.70. The average Bonchev–Trinajstić information content (AvgIpc) is 2.11. The first kappa shape index (κ1) is 11.5. The first-order valence-corrected chi connectivity index (χ1v) is 6.22. The summed E-state index contributed by atoms with van der Waals surface area (Å²) >= 11 is 3.78. The normalized spacial score (nSPS) is 37.4. The Bertz CT molecular complexity index is 149. The van der Waals surface area contributed by atoms with Crippen molar-refractivity contribution in [3.8, 4) is 0 Å². The zero-order chi connectivity index (χ0) is 9.84. The van der Waals surface area contributed by atoms with Gasteiger partial charge in [0.25, 0.3) is 0 Å². The van der Waals surface area contributed by atoms with Gasteiger partial charge in [-0.3, -0.25) is 0 Å². The maximum absolute atomic E-state index is 5.32. The Balaban J connectivity index is 2.37. The van der Waals surface area contributed by atoms with Crippen molar-refractivity contribution < 1.29 is 4.74 Å². The van der Waals surface area contributed by atoms with Crippen LogP contribution < -0.4 is 0 Å². The minimum atomic E-state index is 0.412. The fourth-order valence-electron chi connectivity index (χ4n) is 2.23. The highest BCUT2D eigenvalue weighted by atomic mass is 79.9. The maximum atomic E-state index is 5.32. The van der Waals surface area contributed by atoms with Crippen molar-refractivity contribution in [3.63, 3.8) is 0 Å². The zero-order valence-corrected chi connectivity index (χ0v) is 10.5. The summed E-state index contributed by atoms with van der Waals surface area (Å²) < 4.78 is 5.32. The second-order valence-corrected chi connectivity index (χ2v) is 5.65. The van der Waals surface area contributed by atoms with Gasteiger partial charge in [-0.05, 0) is 44.4 Å². The van der Waals surface area contributed by atoms with E-state index in [9.17, 15) is 0 Å². The highest BCUT2D eigenvalue weighted by Gasteiger charge is 2.27. The summed E-state index contributed by atoms with van der Waals surface area (Å²) in [5.74, 6) is 1.72. The van der Waals surface area contributed by atoms with Gasteiger partial charge >= 0.3 is 0 Å². The van der Waals surface area contributed by atoms with Crippen LogP contribution in [0.25, 0.3) is 0 Å². The van der Waals surface area contributed by atoms with Crippen molar-refractivity contribution in [3.05, 3.63) is 0 Å². The molecule has 0 saturated heterocycles. The summed E-state index contributed by atoms with van der Waals surface area (Å²) in [5, 5.41) is 0. The molecule has 1 aliphatic rings. The summed E-state index contributed by atoms with van der Waals surface area (Å²) in [7, 11) is 1.81. The Morgan fingerprint density at radius 3 is 2.77 bits per heavy atom. The molecule has 2 heteroatoms. The number of hydrogen-bond donors (Lipinski definition) is 0. The molecule has 0 N–H and O–H groups in total. The third-order valence-corrected chi connectivity index (χ3v) is 4.39. The molecular formula is C11H21BrO. The van der Waals surface area contributed by atoms with E-state index in [1.54, 1.807) is 7.11 Å². The predicted molar refractivity (Wildman–Crippen MR) is 60.3 cm³/mol. The molecular weight excluding hydrogens is 228 g/mol. The first-order chi connectivity index (χ1) is 6.13. The molecule has 1 rings (SSSR count). The van der Waals surface area contributed by atoms with Gasteiger partial charge in [0.2, 0.25) is 0 Å². The molecule has 0 spiro atoms. The van der Waals surface area contributed by atoms with Gasteiger partial charge in [0.05, 0.1) is 6.10 Å². The van der Waals surface area contributed by atoms with E-state index in [4.69, 9.17) is 4.74 Å². The van der Waals surface area contributed by atoms with Crippen molar-refractivity contribution in [2.75, 3.05) is 7.11 Å². The van der Waals surface area contributed by atoms with E-state index in [1.807, 2.05) is 0 Å². The maximum Gasteiger partial charge on any atom is 0.0546 e. The Morgan fingerprint density at radius 1 is 1.46 bits per heavy atom. The van der Waals surface area contributed by atoms with Crippen molar-refractivity contribution in [2.45, 2.75) is 50.5 Å². The molecule has 1 nitrogen and oxygen atoms in total. The minimum Gasteiger partial charge on any atom is -0.382 e. The lowest BCUT2D eigenvalue weighted by atomic mass is 9.80. The van der Waals surface area contributed by atoms with Crippen LogP contribution in [0.3, 0.4) is 0 Å². The van der Waals surface area contributed by atoms with Gasteiger partial charge in [-0.2, -0.15) is 0 Å². The van der Waals surface area contributed by atoms with Crippen LogP contribution in [0.4, 0.5) is 0 Å². The molecule has 0 aliphatic heterocycles. The quantitative estimate of drug-likeness (QED) is 0.694. The Labute approximate surface area is 90.4 Å². The molecule has 13 heavy (non-hydrogen) atoms. The van der Waals surface area contributed by atoms with Gasteiger partial charge in [0, 0.05) is 11.9 Å². The molecule has 0 aromatic heterocycles. The summed E-state index contributed by atoms with van der Waals surface area (Å²) in [4.78, 5) is 0.723. The third-order valence-electron chi connectivity index (χ3n) is 3.19. The number of methoxy groups -OCH3 is 1. The SMILES string of the molecule is COC(C)CC1CC(C)CCC1Br. The molecule has 0 amide bonds. The van der Waals surface area contributed by atoms with E-state index in [2.05, 4.69) is 29.8 Å². The van der Waals surface area contributed by atoms with Gasteiger partial charge in [-0.15, -0.1) is 0 Å². The van der Waals surface area contributed by atoms with Crippen LogP contribution in [-0.2, 0) is 4.74 Å². The second kappa shape index (κ2) is 5.35. The molecule has 0 aromatic rings. The van der Waals surface area contributed by atoms with Crippen LogP contribution in [0.1, 0.15) is 39.5 Å². The molecule has 78 valence electrons. The van der Waals surface area contributed by atoms with E-state index in [0.717, 1.165) is 16.7 Å². The van der Waals surface area contributed by atoms with Crippen LogP contribution in [0, 0.1) is 11.8 Å². The highest BCUT2D eigenvalue weighted by molar-refractivity contribution is 9.09. The standard InChI is InChI=1S/C11H21BrO/c1-8-4-5-11(12)10(6-8)7-9(2)13-3/h8-11H,4-7H2,1-3H3. The van der Waals surface area contributed by atoms with E-state index in [0.29, 0.717) is 6.10 Å². The molecule has 4 atom stereocenters. The number of alkyl halides is 1. The molecule has 1 saturated carbocycles. The molecule has 1 aliphatic carbocycles. The van der Waals surface area contributed by atoms with E-state index >= 15 is 0 Å². The lowest BCUT2D eigenvalue weighted by Gasteiger charge is -2.32. The second-order valence-electron chi connectivity index (χ2n) is 4.48. The van der Waals surface area contributed by atoms with Gasteiger partial charge in [-0.1, -0.05) is 22.9 Å². The topological polar surface area (TPSA) is 9.23 Å². The third kappa shape index (κ3) is 3.59. The van der Waals surface area contributed by atoms with Crippen LogP contribution in [-0.4, -0.2) is 18.0 Å². The number of halogens is 1. The zero-order valence-electron chi connectivity index (χ0n) is 8.92. The average molecular weight is 249 g/mol. The van der Waals surface area contributed by atoms with Gasteiger partial charge < -0.3 is 4.74 Å². The van der Waals surface area contributed by atoms with Gasteiger partial charge in [0.1, 0.15) is 0 Å². The Morgan fingerprint density at radius 2 is 2.15 bits per heavy atom. The van der Waals surface area contributed by atoms with Crippen LogP contribution in [0.5, 0.6) is 0 Å². The van der Waals surface area contributed by atoms with E-state index in [-0.39, 0.29) is 0 Å². The largest absolute Gasteiger partial charge is 0.382 e. The minimum absolute atomic E-state index is 0.412. The number of ether oxygens (including phenoxy) is 1. The Kier molecular flexibility index (Phi) is 4.74. The Hall–Kier alpha value is 0.440. The van der Waals surface area contributed by atoms with Gasteiger partial charge in [0.15, 0.2) is 0 Å². The lowest BCUT2D eigenvalue weighted by Crippen LogP contribution is -2.27. The van der Waals surface area contributed by atoms with Crippen molar-refractivity contribution in [2.24, 2.45) is 11.8 Å². The van der Waals surface area contributed by atoms with Gasteiger partial charge in [-0.25, -0.2) is 0 Å². The van der Waals surface area contributed by atoms with Crippen LogP contribution in [0.15, 0.2) is 0 Å². The molecule has 0 aromatic carbocycles. The highest BCUT2D eigenvalue weighted by Crippen LogP contribution is 2.36. The van der Waals surface area contributed by atoms with Crippen molar-refractivity contribution in [1.82, 2.24) is 0 Å². The molecule has 0 heterocycles. The molecule has 4 unspecified atom stereocenters. The van der Waals surface area contributed by atoms with Crippen molar-refractivity contribution in [1.29, 1.82) is 0 Å². The molecule has 1 fully saturated rings. The molecule has 0 radical (unpaired) electrons. The smallest absolute Gasteiger partial charge is 0.0546 e. The lowest BCUT2D eigenvalue weighted by molar-refractivity contribution is 0.0851. The number of rotatable bonds is 3. The fraction of sp³-hybridized carbons (Fsp3) is 1.00. The van der Waals surface area contributed by atoms with Crippen LogP contribution >= 0.6 is 15.9 Å². The first-order valence-electron chi connectivity index (χ1n) is 5.30. The fourth-order valence-corrected chi connectivity index (χ4v) is 2.92. The summed E-state index contributed by atoms with van der Waals surface area (Å²) in [5.41, 5.74) is 0. The monoisotopic (exact) mass is 248 g/mol. The predicted octanol–water partition coefficient (Wildman–Crippen LogP) is 3.61. The van der Waals surface area contributed by atoms with E-state index in [1.165, 1.54) is 25.7 Å².